The summed E-state index contributed by atoms with van der Waals surface area (Å²) in [5.41, 5.74) is 2.30. The minimum Gasteiger partial charge on any atom is -0.493 e. The van der Waals surface area contributed by atoms with Crippen LogP contribution in [0.5, 0.6) is 11.5 Å². The maximum Gasteiger partial charge on any atom is 0.223 e. The molecule has 5 nitrogen and oxygen atoms in total. The number of rotatable bonds is 8. The Bertz CT molecular complexity index is 834. The molecule has 1 heterocycles. The third-order valence-electron chi connectivity index (χ3n) is 6.31. The highest BCUT2D eigenvalue weighted by Crippen LogP contribution is 2.37. The van der Waals surface area contributed by atoms with Crippen LogP contribution in [-0.2, 0) is 4.79 Å². The molecule has 1 amide bonds. The van der Waals surface area contributed by atoms with Gasteiger partial charge in [0.15, 0.2) is 11.5 Å². The highest BCUT2D eigenvalue weighted by molar-refractivity contribution is 5.79. The van der Waals surface area contributed by atoms with Crippen LogP contribution >= 0.6 is 0 Å². The average molecular weight is 409 g/mol. The zero-order valence-corrected chi connectivity index (χ0v) is 17.7. The van der Waals surface area contributed by atoms with Gasteiger partial charge >= 0.3 is 0 Å². The van der Waals surface area contributed by atoms with Crippen LogP contribution < -0.4 is 20.1 Å². The summed E-state index contributed by atoms with van der Waals surface area (Å²) >= 11 is 0. The van der Waals surface area contributed by atoms with Crippen LogP contribution in [0.1, 0.15) is 50.0 Å². The zero-order valence-electron chi connectivity index (χ0n) is 17.7. The highest BCUT2D eigenvalue weighted by Gasteiger charge is 2.30. The van der Waals surface area contributed by atoms with Gasteiger partial charge in [-0.3, -0.25) is 4.79 Å². The van der Waals surface area contributed by atoms with Gasteiger partial charge in [0.05, 0.1) is 13.2 Å². The fourth-order valence-electron chi connectivity index (χ4n) is 4.58. The number of methoxy groups -OCH3 is 1. The second-order valence-electron chi connectivity index (χ2n) is 8.39. The van der Waals surface area contributed by atoms with E-state index in [1.807, 2.05) is 36.4 Å². The fourth-order valence-corrected chi connectivity index (χ4v) is 4.58. The molecule has 0 bridgehead atoms. The number of nitrogens with one attached hydrogen (secondary N) is 2. The number of carbonyl (C=O) groups is 1. The van der Waals surface area contributed by atoms with Gasteiger partial charge in [-0.25, -0.2) is 0 Å². The van der Waals surface area contributed by atoms with E-state index in [1.54, 1.807) is 7.11 Å². The van der Waals surface area contributed by atoms with Gasteiger partial charge in [-0.2, -0.15) is 0 Å². The molecule has 1 aliphatic heterocycles. The zero-order chi connectivity index (χ0) is 20.8. The molecule has 1 saturated carbocycles. The Hall–Kier alpha value is -2.69. The molecule has 2 atom stereocenters. The second-order valence-corrected chi connectivity index (χ2v) is 8.39. The molecule has 2 aliphatic rings. The topological polar surface area (TPSA) is 59.6 Å². The first-order chi connectivity index (χ1) is 14.7. The number of carbonyl (C=O) groups excluding carboxylic acids is 1. The number of hydrogen-bond acceptors (Lipinski definition) is 4. The predicted octanol–water partition coefficient (Wildman–Crippen LogP) is 4.74. The van der Waals surface area contributed by atoms with Crippen LogP contribution in [0.25, 0.3) is 0 Å². The maximum absolute atomic E-state index is 12.4. The van der Waals surface area contributed by atoms with Crippen molar-refractivity contribution in [3.63, 3.8) is 0 Å². The largest absolute Gasteiger partial charge is 0.493 e. The highest BCUT2D eigenvalue weighted by atomic mass is 16.5. The van der Waals surface area contributed by atoms with Crippen molar-refractivity contribution in [2.24, 2.45) is 5.92 Å². The fraction of sp³-hybridized carbons (Fsp3) is 0.480. The van der Waals surface area contributed by atoms with E-state index in [1.165, 1.54) is 18.4 Å². The molecular formula is C25H32N2O3. The smallest absolute Gasteiger partial charge is 0.223 e. The van der Waals surface area contributed by atoms with Gasteiger partial charge in [0.2, 0.25) is 5.91 Å². The lowest BCUT2D eigenvalue weighted by Gasteiger charge is -2.30. The molecule has 0 spiro atoms. The summed E-state index contributed by atoms with van der Waals surface area (Å²) < 4.78 is 11.8. The maximum atomic E-state index is 12.4. The van der Waals surface area contributed by atoms with E-state index in [2.05, 4.69) is 22.8 Å². The van der Waals surface area contributed by atoms with Crippen molar-refractivity contribution in [1.82, 2.24) is 5.32 Å². The van der Waals surface area contributed by atoms with Gasteiger partial charge in [-0.05, 0) is 68.4 Å². The van der Waals surface area contributed by atoms with Crippen LogP contribution in [-0.4, -0.2) is 32.2 Å². The number of para-hydroxylation sites is 1. The molecular weight excluding hydrogens is 376 g/mol. The summed E-state index contributed by atoms with van der Waals surface area (Å²) in [7, 11) is 1.69. The van der Waals surface area contributed by atoms with Crippen LogP contribution in [0.3, 0.4) is 0 Å². The Balaban J connectivity index is 1.39. The Labute approximate surface area is 179 Å². The SMILES string of the molecule is COc1ccc([C@H]2CNC(=O)[C@@H](CCNc3ccccc3)C2)cc1OC1CCCC1. The minimum absolute atomic E-state index is 0.0151. The van der Waals surface area contributed by atoms with Crippen molar-refractivity contribution in [2.75, 3.05) is 25.5 Å². The standard InChI is InChI=1S/C25H32N2O3/c1-29-23-12-11-18(16-24(23)30-22-9-5-6-10-22)20-15-19(25(28)27-17-20)13-14-26-21-7-3-2-4-8-21/h2-4,7-8,11-12,16,19-20,22,26H,5-6,9-10,13-15,17H2,1H3,(H,27,28)/t19-,20+/m0/s1. The van der Waals surface area contributed by atoms with Gasteiger partial charge in [0.1, 0.15) is 0 Å². The Morgan fingerprint density at radius 1 is 1.07 bits per heavy atom. The monoisotopic (exact) mass is 408 g/mol. The molecule has 2 aromatic rings. The Morgan fingerprint density at radius 3 is 2.63 bits per heavy atom. The normalized spacial score (nSPS) is 21.8. The third kappa shape index (κ3) is 5.07. The molecule has 2 fully saturated rings. The van der Waals surface area contributed by atoms with Gasteiger partial charge in [-0.1, -0.05) is 24.3 Å². The number of ether oxygens (including phenoxy) is 2. The Morgan fingerprint density at radius 2 is 1.87 bits per heavy atom. The van der Waals surface area contributed by atoms with E-state index < -0.39 is 0 Å². The lowest BCUT2D eigenvalue weighted by atomic mass is 9.83. The Kier molecular flexibility index (Phi) is 6.77. The van der Waals surface area contributed by atoms with E-state index in [0.717, 1.165) is 49.4 Å². The van der Waals surface area contributed by atoms with Crippen molar-refractivity contribution < 1.29 is 14.3 Å². The predicted molar refractivity (Wildman–Crippen MR) is 119 cm³/mol. The van der Waals surface area contributed by atoms with Gasteiger partial charge in [-0.15, -0.1) is 0 Å². The van der Waals surface area contributed by atoms with E-state index in [0.29, 0.717) is 12.5 Å². The number of benzene rings is 2. The van der Waals surface area contributed by atoms with Crippen LogP contribution in [0.15, 0.2) is 48.5 Å². The van der Waals surface area contributed by atoms with Crippen molar-refractivity contribution in [2.45, 2.75) is 50.5 Å². The molecule has 0 aromatic heterocycles. The first kappa shape index (κ1) is 20.6. The number of anilines is 1. The first-order valence-corrected chi connectivity index (χ1v) is 11.1. The number of amides is 1. The summed E-state index contributed by atoms with van der Waals surface area (Å²) in [6.45, 7) is 1.46. The second kappa shape index (κ2) is 9.88. The molecule has 4 rings (SSSR count). The van der Waals surface area contributed by atoms with E-state index >= 15 is 0 Å². The van der Waals surface area contributed by atoms with Gasteiger partial charge < -0.3 is 20.1 Å². The van der Waals surface area contributed by atoms with Crippen LogP contribution in [0, 0.1) is 5.92 Å². The summed E-state index contributed by atoms with van der Waals surface area (Å²) in [5, 5.41) is 6.53. The van der Waals surface area contributed by atoms with Crippen molar-refractivity contribution in [3.8, 4) is 11.5 Å². The van der Waals surface area contributed by atoms with Crippen LogP contribution in [0.2, 0.25) is 0 Å². The van der Waals surface area contributed by atoms with Crippen molar-refractivity contribution >= 4 is 11.6 Å². The lowest BCUT2D eigenvalue weighted by Crippen LogP contribution is -2.41. The van der Waals surface area contributed by atoms with Gasteiger partial charge in [0, 0.05) is 30.6 Å². The summed E-state index contributed by atoms with van der Waals surface area (Å²) in [6.07, 6.45) is 6.67. The average Bonchev–Trinajstić information content (AvgIpc) is 3.29. The van der Waals surface area contributed by atoms with E-state index in [-0.39, 0.29) is 17.9 Å². The summed E-state index contributed by atoms with van der Waals surface area (Å²) in [5.74, 6) is 2.09. The van der Waals surface area contributed by atoms with Crippen LogP contribution in [0.4, 0.5) is 5.69 Å². The molecule has 2 N–H and O–H groups in total. The van der Waals surface area contributed by atoms with Crippen molar-refractivity contribution in [1.29, 1.82) is 0 Å². The quantitative estimate of drug-likeness (QED) is 0.662. The molecule has 1 aliphatic carbocycles. The first-order valence-electron chi connectivity index (χ1n) is 11.1. The molecule has 5 heteroatoms. The number of hydrogen-bond donors (Lipinski definition) is 2. The van der Waals surface area contributed by atoms with Gasteiger partial charge in [0.25, 0.3) is 0 Å². The molecule has 0 unspecified atom stereocenters. The summed E-state index contributed by atoms with van der Waals surface area (Å²) in [6, 6.07) is 16.4. The summed E-state index contributed by atoms with van der Waals surface area (Å²) in [4.78, 5) is 12.4. The number of piperidine rings is 1. The molecule has 0 radical (unpaired) electrons. The molecule has 160 valence electrons. The molecule has 30 heavy (non-hydrogen) atoms. The minimum atomic E-state index is 0.0151. The molecule has 1 saturated heterocycles. The van der Waals surface area contributed by atoms with Crippen molar-refractivity contribution in [3.05, 3.63) is 54.1 Å². The van der Waals surface area contributed by atoms with E-state index in [9.17, 15) is 4.79 Å². The third-order valence-corrected chi connectivity index (χ3v) is 6.31. The lowest BCUT2D eigenvalue weighted by molar-refractivity contribution is -0.127. The molecule has 2 aromatic carbocycles. The van der Waals surface area contributed by atoms with E-state index in [4.69, 9.17) is 9.47 Å².